The van der Waals surface area contributed by atoms with E-state index in [0.29, 0.717) is 6.61 Å². The first-order chi connectivity index (χ1) is 5.08. The van der Waals surface area contributed by atoms with Gasteiger partial charge in [0, 0.05) is 6.66 Å². The smallest absolute Gasteiger partial charge is 0.219 e. The molecule has 0 unspecified atom stereocenters. The van der Waals surface area contributed by atoms with Crippen molar-refractivity contribution >= 4 is 7.37 Å². The lowest BCUT2D eigenvalue weighted by atomic mass is 10.5. The minimum absolute atomic E-state index is 0.428. The molecule has 0 spiro atoms. The first-order valence-electron chi connectivity index (χ1n) is 3.71. The molecule has 11 heavy (non-hydrogen) atoms. The van der Waals surface area contributed by atoms with Crippen LogP contribution in [0.2, 0.25) is 0 Å². The Labute approximate surface area is 66.8 Å². The van der Waals surface area contributed by atoms with E-state index in [4.69, 9.17) is 9.79 Å². The molecule has 0 aliphatic heterocycles. The van der Waals surface area contributed by atoms with Gasteiger partial charge >= 0.3 is 0 Å². The fourth-order valence-corrected chi connectivity index (χ4v) is 2.94. The predicted molar refractivity (Wildman–Crippen MR) is 42.7 cm³/mol. The second-order valence-electron chi connectivity index (χ2n) is 2.91. The van der Waals surface area contributed by atoms with Crippen LogP contribution in [0.1, 0.15) is 19.8 Å². The first kappa shape index (κ1) is 8.77. The van der Waals surface area contributed by atoms with Crippen LogP contribution in [0.15, 0.2) is 0 Å². The van der Waals surface area contributed by atoms with Gasteiger partial charge in [-0.25, -0.2) is 0 Å². The molecule has 0 N–H and O–H groups in total. The van der Waals surface area contributed by atoms with Crippen molar-refractivity contribution in [2.45, 2.75) is 24.9 Å². The maximum atomic E-state index is 11.7. The fourth-order valence-electron chi connectivity index (χ4n) is 1.10. The molecule has 1 aliphatic rings. The van der Waals surface area contributed by atoms with Crippen molar-refractivity contribution in [1.29, 1.82) is 5.26 Å². The molecular weight excluding hydrogens is 161 g/mol. The summed E-state index contributed by atoms with van der Waals surface area (Å²) >= 11 is 0. The lowest BCUT2D eigenvalue weighted by molar-refractivity contribution is 0.332. The largest absolute Gasteiger partial charge is 0.328 e. The molecule has 1 saturated carbocycles. The van der Waals surface area contributed by atoms with E-state index in [-0.39, 0.29) is 0 Å². The molecule has 0 aromatic heterocycles. The van der Waals surface area contributed by atoms with Gasteiger partial charge in [-0.2, -0.15) is 5.26 Å². The van der Waals surface area contributed by atoms with Crippen molar-refractivity contribution in [2.75, 3.05) is 13.3 Å². The third-order valence-corrected chi connectivity index (χ3v) is 4.94. The Bertz CT molecular complexity index is 239. The minimum Gasteiger partial charge on any atom is -0.328 e. The summed E-state index contributed by atoms with van der Waals surface area (Å²) in [4.78, 5) is 0. The summed E-state index contributed by atoms with van der Waals surface area (Å²) in [6, 6.07) is 2.09. The molecule has 62 valence electrons. The van der Waals surface area contributed by atoms with Gasteiger partial charge in [-0.15, -0.1) is 0 Å². The van der Waals surface area contributed by atoms with Gasteiger partial charge in [-0.05, 0) is 19.8 Å². The van der Waals surface area contributed by atoms with E-state index < -0.39 is 12.5 Å². The Hall–Kier alpha value is -0.320. The van der Waals surface area contributed by atoms with E-state index in [1.165, 1.54) is 0 Å². The van der Waals surface area contributed by atoms with E-state index in [9.17, 15) is 4.57 Å². The molecule has 0 heterocycles. The highest BCUT2D eigenvalue weighted by atomic mass is 31.2. The van der Waals surface area contributed by atoms with Crippen molar-refractivity contribution < 1.29 is 9.09 Å². The fraction of sp³-hybridized carbons (Fsp3) is 0.857. The van der Waals surface area contributed by atoms with Crippen LogP contribution in [0.5, 0.6) is 0 Å². The van der Waals surface area contributed by atoms with Crippen LogP contribution in [0.3, 0.4) is 0 Å². The predicted octanol–water partition coefficient (Wildman–Crippen LogP) is 1.99. The molecule has 1 fully saturated rings. The Morgan fingerprint density at radius 3 is 2.55 bits per heavy atom. The van der Waals surface area contributed by atoms with Gasteiger partial charge in [0.15, 0.2) is 0 Å². The van der Waals surface area contributed by atoms with Gasteiger partial charge in [-0.1, -0.05) is 0 Å². The van der Waals surface area contributed by atoms with Gasteiger partial charge in [0.1, 0.15) is 5.16 Å². The van der Waals surface area contributed by atoms with Crippen molar-refractivity contribution in [3.63, 3.8) is 0 Å². The van der Waals surface area contributed by atoms with Crippen LogP contribution < -0.4 is 0 Å². The molecule has 3 nitrogen and oxygen atoms in total. The number of hydrogen-bond donors (Lipinski definition) is 0. The third-order valence-electron chi connectivity index (χ3n) is 2.08. The van der Waals surface area contributed by atoms with Gasteiger partial charge in [0.05, 0.1) is 12.7 Å². The zero-order valence-corrected chi connectivity index (χ0v) is 7.73. The van der Waals surface area contributed by atoms with Crippen LogP contribution in [0.25, 0.3) is 0 Å². The summed E-state index contributed by atoms with van der Waals surface area (Å²) in [5.41, 5.74) is 0. The second kappa shape index (κ2) is 2.62. The second-order valence-corrected chi connectivity index (χ2v) is 5.71. The van der Waals surface area contributed by atoms with Crippen LogP contribution in [0, 0.1) is 11.3 Å². The maximum Gasteiger partial charge on any atom is 0.219 e. The average Bonchev–Trinajstić information content (AvgIpc) is 2.66. The monoisotopic (exact) mass is 173 g/mol. The summed E-state index contributed by atoms with van der Waals surface area (Å²) in [5, 5.41) is 8.09. The summed E-state index contributed by atoms with van der Waals surface area (Å²) < 4.78 is 16.8. The Morgan fingerprint density at radius 1 is 1.73 bits per heavy atom. The zero-order valence-electron chi connectivity index (χ0n) is 6.83. The van der Waals surface area contributed by atoms with Gasteiger partial charge in [-0.3, -0.25) is 4.57 Å². The zero-order chi connectivity index (χ0) is 8.54. The van der Waals surface area contributed by atoms with E-state index in [1.807, 2.05) is 0 Å². The number of nitrogens with zero attached hydrogens (tertiary/aromatic N) is 1. The molecule has 0 amide bonds. The molecule has 0 radical (unpaired) electrons. The molecular formula is C7H12NO2P. The highest BCUT2D eigenvalue weighted by molar-refractivity contribution is 7.60. The van der Waals surface area contributed by atoms with Crippen LogP contribution in [-0.4, -0.2) is 18.4 Å². The SMILES string of the molecule is CCO[P@@](C)(=O)C1(C#N)CC1. The normalized spacial score (nSPS) is 25.2. The van der Waals surface area contributed by atoms with Crippen molar-refractivity contribution in [3.05, 3.63) is 0 Å². The van der Waals surface area contributed by atoms with Crippen molar-refractivity contribution in [2.24, 2.45) is 0 Å². The summed E-state index contributed by atoms with van der Waals surface area (Å²) in [6.45, 7) is 3.79. The lowest BCUT2D eigenvalue weighted by Gasteiger charge is -2.16. The standard InChI is InChI=1S/C7H12NO2P/c1-3-10-11(2,9)7(6-8)4-5-7/h3-5H2,1-2H3/t11-/m1/s1. The molecule has 0 aromatic carbocycles. The Balaban J connectivity index is 2.74. The topological polar surface area (TPSA) is 50.1 Å². The van der Waals surface area contributed by atoms with E-state index in [0.717, 1.165) is 12.8 Å². The Morgan fingerprint density at radius 2 is 2.27 bits per heavy atom. The molecule has 4 heteroatoms. The molecule has 0 aromatic rings. The van der Waals surface area contributed by atoms with Gasteiger partial charge in [0.2, 0.25) is 7.37 Å². The highest BCUT2D eigenvalue weighted by Gasteiger charge is 2.56. The Kier molecular flexibility index (Phi) is 2.09. The third kappa shape index (κ3) is 1.34. The number of nitriles is 1. The van der Waals surface area contributed by atoms with Crippen LogP contribution in [-0.2, 0) is 9.09 Å². The summed E-state index contributed by atoms with van der Waals surface area (Å²) in [5.74, 6) is 0. The highest BCUT2D eigenvalue weighted by Crippen LogP contribution is 2.67. The van der Waals surface area contributed by atoms with E-state index in [1.54, 1.807) is 13.6 Å². The average molecular weight is 173 g/mol. The lowest BCUT2D eigenvalue weighted by Crippen LogP contribution is -2.07. The first-order valence-corrected chi connectivity index (χ1v) is 5.78. The number of hydrogen-bond acceptors (Lipinski definition) is 3. The molecule has 1 atom stereocenters. The minimum atomic E-state index is -2.65. The van der Waals surface area contributed by atoms with Gasteiger partial charge < -0.3 is 4.52 Å². The number of rotatable bonds is 3. The van der Waals surface area contributed by atoms with Crippen molar-refractivity contribution in [3.8, 4) is 6.07 Å². The maximum absolute atomic E-state index is 11.7. The van der Waals surface area contributed by atoms with Gasteiger partial charge in [0.25, 0.3) is 0 Å². The van der Waals surface area contributed by atoms with Crippen LogP contribution >= 0.6 is 7.37 Å². The summed E-state index contributed by atoms with van der Waals surface area (Å²) in [7, 11) is -2.65. The molecule has 1 rings (SSSR count). The molecule has 0 bridgehead atoms. The van der Waals surface area contributed by atoms with Crippen molar-refractivity contribution in [1.82, 2.24) is 0 Å². The summed E-state index contributed by atoms with van der Waals surface area (Å²) in [6.07, 6.45) is 1.47. The van der Waals surface area contributed by atoms with Crippen LogP contribution in [0.4, 0.5) is 0 Å². The van der Waals surface area contributed by atoms with E-state index in [2.05, 4.69) is 6.07 Å². The molecule has 1 aliphatic carbocycles. The quantitative estimate of drug-likeness (QED) is 0.613. The van der Waals surface area contributed by atoms with E-state index >= 15 is 0 Å². The molecule has 0 saturated heterocycles.